The predicted octanol–water partition coefficient (Wildman–Crippen LogP) is -2.53. The molecule has 8 nitrogen and oxygen atoms in total. The first-order valence-corrected chi connectivity index (χ1v) is 1.13. The van der Waals surface area contributed by atoms with Crippen molar-refractivity contribution in [1.82, 2.24) is 0 Å². The molecule has 10 heteroatoms. The van der Waals surface area contributed by atoms with E-state index in [0.29, 0.717) is 0 Å². The molecule has 0 aliphatic rings. The van der Waals surface area contributed by atoms with Gasteiger partial charge >= 0.3 is 86.6 Å². The van der Waals surface area contributed by atoms with Crippen LogP contribution in [-0.4, -0.2) is 107 Å². The van der Waals surface area contributed by atoms with Gasteiger partial charge in [0.15, 0.2) is 0 Å². The number of hydrogen-bond donors (Lipinski definition) is 2. The second-order valence-electron chi connectivity index (χ2n) is 0.476. The molecule has 10 heavy (non-hydrogen) atoms. The number of hydrogen-bond acceptors (Lipinski definition) is 4. The second kappa shape index (κ2) is 16.7. The molecule has 0 saturated heterocycles. The normalized spacial score (nSPS) is 4.80. The first-order chi connectivity index (χ1) is 3.46. The Kier molecular flexibility index (Phi) is 37.5. The number of nitrogens with zero attached hydrogens (tertiary/aromatic N) is 2. The summed E-state index contributed by atoms with van der Waals surface area (Å²) < 4.78 is 0. The van der Waals surface area contributed by atoms with Crippen LogP contribution in [-0.2, 0) is 0 Å². The standard InChI is InChI=1S/Ba.Ca.2HNO3.4H/c;;2*2-1(3)4;;;;/h;;2*(H,2,3,4);;;;. The Morgan fingerprint density at radius 2 is 1.00 bits per heavy atom. The average molecular weight is 307 g/mol. The van der Waals surface area contributed by atoms with Crippen molar-refractivity contribution in [3.8, 4) is 0 Å². The zero-order valence-electron chi connectivity index (χ0n) is 3.42. The van der Waals surface area contributed by atoms with E-state index in [2.05, 4.69) is 0 Å². The van der Waals surface area contributed by atoms with Crippen molar-refractivity contribution >= 4 is 86.6 Å². The molecule has 0 fully saturated rings. The van der Waals surface area contributed by atoms with Gasteiger partial charge in [0, 0.05) is 0 Å². The Morgan fingerprint density at radius 3 is 1.00 bits per heavy atom. The summed E-state index contributed by atoms with van der Waals surface area (Å²) in [5, 5.41) is 27.3. The number of rotatable bonds is 0. The van der Waals surface area contributed by atoms with Crippen LogP contribution in [0.4, 0.5) is 0 Å². The Morgan fingerprint density at radius 1 is 1.00 bits per heavy atom. The summed E-state index contributed by atoms with van der Waals surface area (Å²) in [6.45, 7) is 0. The SMILES string of the molecule is O=[N+]([O-])O.O=[N+]([O-])O.[BaH2].[CaH2]. The van der Waals surface area contributed by atoms with Crippen LogP contribution in [0.2, 0.25) is 0 Å². The molecule has 0 aromatic heterocycles. The Bertz CT molecular complexity index is 73.7. The summed E-state index contributed by atoms with van der Waals surface area (Å²) in [6.07, 6.45) is 0. The molecule has 0 amide bonds. The van der Waals surface area contributed by atoms with Gasteiger partial charge in [0.1, 0.15) is 0 Å². The first-order valence-electron chi connectivity index (χ1n) is 1.13. The van der Waals surface area contributed by atoms with Crippen LogP contribution >= 0.6 is 0 Å². The van der Waals surface area contributed by atoms with E-state index in [0.717, 1.165) is 0 Å². The van der Waals surface area contributed by atoms with E-state index in [1.165, 1.54) is 0 Å². The van der Waals surface area contributed by atoms with E-state index in [4.69, 9.17) is 30.6 Å². The van der Waals surface area contributed by atoms with Crippen molar-refractivity contribution in [3.63, 3.8) is 0 Å². The van der Waals surface area contributed by atoms with Crippen LogP contribution in [0.5, 0.6) is 0 Å². The Balaban J connectivity index is -0.0000000300. The summed E-state index contributed by atoms with van der Waals surface area (Å²) in [4.78, 5) is 16.7. The Labute approximate surface area is 125 Å². The van der Waals surface area contributed by atoms with Crippen LogP contribution in [0.25, 0.3) is 0 Å². The third-order valence-corrected chi connectivity index (χ3v) is 0. The molecule has 0 rings (SSSR count). The molecular weight excluding hydrogens is 301 g/mol. The van der Waals surface area contributed by atoms with Crippen molar-refractivity contribution in [1.29, 1.82) is 0 Å². The van der Waals surface area contributed by atoms with Gasteiger partial charge in [-0.1, -0.05) is 0 Å². The predicted molar refractivity (Wildman–Crippen MR) is 34.6 cm³/mol. The maximum atomic E-state index is 8.36. The van der Waals surface area contributed by atoms with E-state index < -0.39 is 10.2 Å². The van der Waals surface area contributed by atoms with Crippen LogP contribution < -0.4 is 0 Å². The van der Waals surface area contributed by atoms with Crippen LogP contribution in [0.1, 0.15) is 0 Å². The van der Waals surface area contributed by atoms with Gasteiger partial charge in [0.2, 0.25) is 0 Å². The molecule has 0 atom stereocenters. The van der Waals surface area contributed by atoms with Crippen molar-refractivity contribution in [3.05, 3.63) is 20.2 Å². The zero-order valence-corrected chi connectivity index (χ0v) is 3.42. The summed E-state index contributed by atoms with van der Waals surface area (Å²) in [7, 11) is 0. The third kappa shape index (κ3) is 413. The van der Waals surface area contributed by atoms with Gasteiger partial charge < -0.3 is 10.4 Å². The molecule has 0 heterocycles. The molecule has 2 N–H and O–H groups in total. The van der Waals surface area contributed by atoms with E-state index >= 15 is 0 Å². The van der Waals surface area contributed by atoms with Crippen molar-refractivity contribution in [2.75, 3.05) is 0 Å². The van der Waals surface area contributed by atoms with Gasteiger partial charge in [-0.25, -0.2) is 0 Å². The molecular formula is H6BaCaN2O6. The quantitative estimate of drug-likeness (QED) is 0.289. The zero-order chi connectivity index (χ0) is 7.15. The summed E-state index contributed by atoms with van der Waals surface area (Å²) in [6, 6.07) is 0. The molecule has 0 saturated carbocycles. The minimum atomic E-state index is -1.50. The van der Waals surface area contributed by atoms with E-state index in [1.807, 2.05) is 0 Å². The first kappa shape index (κ1) is 22.5. The van der Waals surface area contributed by atoms with Crippen LogP contribution in [0, 0.1) is 20.2 Å². The fourth-order valence-electron chi connectivity index (χ4n) is 0. The molecule has 0 bridgehead atoms. The van der Waals surface area contributed by atoms with Gasteiger partial charge in [-0.05, 0) is 0 Å². The molecule has 0 aliphatic heterocycles. The van der Waals surface area contributed by atoms with Crippen molar-refractivity contribution in [2.24, 2.45) is 0 Å². The topological polar surface area (TPSA) is 127 Å². The Hall–Kier alpha value is 1.23. The molecule has 56 valence electrons. The molecule has 0 unspecified atom stereocenters. The fraction of sp³-hybridized carbons (Fsp3) is 0. The van der Waals surface area contributed by atoms with Gasteiger partial charge in [-0.3, -0.25) is 0 Å². The van der Waals surface area contributed by atoms with Gasteiger partial charge in [0.25, 0.3) is 10.2 Å². The van der Waals surface area contributed by atoms with Gasteiger partial charge in [-0.2, -0.15) is 0 Å². The van der Waals surface area contributed by atoms with Crippen molar-refractivity contribution < 1.29 is 20.6 Å². The monoisotopic (exact) mass is 308 g/mol. The molecule has 0 aliphatic carbocycles. The molecule has 0 radical (unpaired) electrons. The van der Waals surface area contributed by atoms with Gasteiger partial charge in [-0.15, -0.1) is 20.2 Å². The maximum absolute atomic E-state index is 8.36. The minimum absolute atomic E-state index is 0. The van der Waals surface area contributed by atoms with Gasteiger partial charge in [0.05, 0.1) is 0 Å². The molecule has 0 aromatic carbocycles. The van der Waals surface area contributed by atoms with E-state index in [-0.39, 0.29) is 86.6 Å². The summed E-state index contributed by atoms with van der Waals surface area (Å²) >= 11 is 0. The van der Waals surface area contributed by atoms with E-state index in [9.17, 15) is 0 Å². The second-order valence-corrected chi connectivity index (χ2v) is 0.476. The summed E-state index contributed by atoms with van der Waals surface area (Å²) in [5.74, 6) is 0. The average Bonchev–Trinajstić information content (AvgIpc) is 1.25. The fourth-order valence-corrected chi connectivity index (χ4v) is 0. The van der Waals surface area contributed by atoms with E-state index in [1.54, 1.807) is 0 Å². The molecule has 0 aromatic rings. The van der Waals surface area contributed by atoms with Crippen LogP contribution in [0.3, 0.4) is 0 Å². The molecule has 0 spiro atoms. The van der Waals surface area contributed by atoms with Crippen LogP contribution in [0.15, 0.2) is 0 Å². The third-order valence-electron chi connectivity index (χ3n) is 0. The summed E-state index contributed by atoms with van der Waals surface area (Å²) in [5.41, 5.74) is 0. The van der Waals surface area contributed by atoms with Crippen molar-refractivity contribution in [2.45, 2.75) is 0 Å².